The predicted octanol–water partition coefficient (Wildman–Crippen LogP) is -1.16. The molecule has 1 aromatic rings. The first-order valence-electron chi connectivity index (χ1n) is 11.1. The smallest absolute Gasteiger partial charge is 0.292 e. The Morgan fingerprint density at radius 2 is 1.93 bits per heavy atom. The quantitative estimate of drug-likeness (QED) is 0.329. The Hall–Kier alpha value is -2.45. The Labute approximate surface area is 177 Å². The number of ether oxygens (including phenoxy) is 1. The lowest BCUT2D eigenvalue weighted by molar-refractivity contribution is -0.907. The molecule has 3 rings (SSSR count). The van der Waals surface area contributed by atoms with Gasteiger partial charge in [-0.3, -0.25) is 14.4 Å². The highest BCUT2D eigenvalue weighted by Crippen LogP contribution is 2.24. The summed E-state index contributed by atoms with van der Waals surface area (Å²) in [5, 5.41) is 1.99. The third-order valence-corrected chi connectivity index (χ3v) is 6.03. The molecular weight excluding hydrogens is 384 g/mol. The lowest BCUT2D eigenvalue weighted by atomic mass is 9.96. The van der Waals surface area contributed by atoms with Crippen molar-refractivity contribution in [3.8, 4) is 5.75 Å². The van der Waals surface area contributed by atoms with Crippen molar-refractivity contribution in [3.63, 3.8) is 0 Å². The normalized spacial score (nSPS) is 24.3. The zero-order chi connectivity index (χ0) is 21.5. The van der Waals surface area contributed by atoms with E-state index in [-0.39, 0.29) is 36.1 Å². The zero-order valence-electron chi connectivity index (χ0n) is 17.8. The van der Waals surface area contributed by atoms with Gasteiger partial charge in [0.15, 0.2) is 6.04 Å². The number of nitrogens with two attached hydrogens (primary N) is 2. The van der Waals surface area contributed by atoms with Gasteiger partial charge in [0, 0.05) is 25.2 Å². The molecule has 3 amide bonds. The van der Waals surface area contributed by atoms with E-state index in [1.54, 1.807) is 24.3 Å². The maximum atomic E-state index is 12.8. The first-order chi connectivity index (χ1) is 14.5. The number of amides is 3. The summed E-state index contributed by atoms with van der Waals surface area (Å²) in [5.41, 5.74) is 5.99. The summed E-state index contributed by atoms with van der Waals surface area (Å²) in [5.74, 6) is 0.296. The van der Waals surface area contributed by atoms with Crippen LogP contribution in [0.5, 0.6) is 5.75 Å². The molecule has 2 heterocycles. The minimum Gasteiger partial charge on any atom is -0.494 e. The first-order valence-corrected chi connectivity index (χ1v) is 11.1. The lowest BCUT2D eigenvalue weighted by Crippen LogP contribution is -3.13. The molecule has 2 aliphatic heterocycles. The van der Waals surface area contributed by atoms with E-state index in [2.05, 4.69) is 0 Å². The van der Waals surface area contributed by atoms with Crippen molar-refractivity contribution in [2.45, 2.75) is 45.1 Å². The van der Waals surface area contributed by atoms with Crippen molar-refractivity contribution < 1.29 is 29.3 Å². The average molecular weight is 419 g/mol. The molecule has 0 aliphatic carbocycles. The number of hydrogen-bond acceptors (Lipinski definition) is 4. The van der Waals surface area contributed by atoms with Crippen LogP contribution >= 0.6 is 0 Å². The van der Waals surface area contributed by atoms with Crippen LogP contribution in [0.15, 0.2) is 24.3 Å². The van der Waals surface area contributed by atoms with E-state index in [0.717, 1.165) is 57.6 Å². The van der Waals surface area contributed by atoms with Gasteiger partial charge < -0.3 is 20.7 Å². The third-order valence-electron chi connectivity index (χ3n) is 6.03. The van der Waals surface area contributed by atoms with E-state index in [9.17, 15) is 14.4 Å². The monoisotopic (exact) mass is 418 g/mol. The van der Waals surface area contributed by atoms with Gasteiger partial charge in [0.1, 0.15) is 5.75 Å². The maximum Gasteiger partial charge on any atom is 0.292 e. The van der Waals surface area contributed by atoms with Crippen LogP contribution in [0.1, 0.15) is 39.0 Å². The van der Waals surface area contributed by atoms with Crippen LogP contribution in [0.3, 0.4) is 0 Å². The fourth-order valence-corrected chi connectivity index (χ4v) is 4.25. The van der Waals surface area contributed by atoms with Gasteiger partial charge in [-0.2, -0.15) is 0 Å². The maximum absolute atomic E-state index is 12.8. The van der Waals surface area contributed by atoms with Gasteiger partial charge in [-0.05, 0) is 30.7 Å². The van der Waals surface area contributed by atoms with Crippen LogP contribution in [0.25, 0.3) is 0 Å². The molecule has 0 bridgehead atoms. The van der Waals surface area contributed by atoms with Crippen LogP contribution in [0.2, 0.25) is 0 Å². The molecule has 1 atom stereocenters. The van der Waals surface area contributed by atoms with Gasteiger partial charge >= 0.3 is 0 Å². The van der Waals surface area contributed by atoms with Gasteiger partial charge in [0.05, 0.1) is 44.9 Å². The van der Waals surface area contributed by atoms with Gasteiger partial charge in [-0.25, -0.2) is 4.90 Å². The molecule has 0 unspecified atom stereocenters. The van der Waals surface area contributed by atoms with Crippen LogP contribution in [0.4, 0.5) is 5.69 Å². The fraction of sp³-hybridized carbons (Fsp3) is 0.591. The molecule has 1 aromatic carbocycles. The van der Waals surface area contributed by atoms with Crippen molar-refractivity contribution in [2.24, 2.45) is 11.7 Å². The van der Waals surface area contributed by atoms with Crippen molar-refractivity contribution in [1.82, 2.24) is 0 Å². The van der Waals surface area contributed by atoms with E-state index in [1.807, 2.05) is 12.2 Å². The summed E-state index contributed by atoms with van der Waals surface area (Å²) in [4.78, 5) is 39.2. The van der Waals surface area contributed by atoms with Gasteiger partial charge in [-0.15, -0.1) is 0 Å². The van der Waals surface area contributed by atoms with Crippen molar-refractivity contribution >= 4 is 23.4 Å². The largest absolute Gasteiger partial charge is 0.494 e. The molecule has 30 heavy (non-hydrogen) atoms. The Balaban J connectivity index is 1.42. The SMILES string of the molecule is CCCOc1ccc(N2C(=O)C[C@H]([NH2+]CCC[NH+]3CCC(C(N)=O)CC3)C2=O)cc1. The van der Waals surface area contributed by atoms with E-state index < -0.39 is 0 Å². The second-order valence-corrected chi connectivity index (χ2v) is 8.27. The van der Waals surface area contributed by atoms with E-state index in [4.69, 9.17) is 10.5 Å². The zero-order valence-corrected chi connectivity index (χ0v) is 17.8. The lowest BCUT2D eigenvalue weighted by Gasteiger charge is -2.27. The number of likely N-dealkylation sites (tertiary alicyclic amines) is 1. The number of rotatable bonds is 10. The third kappa shape index (κ3) is 5.58. The van der Waals surface area contributed by atoms with Crippen LogP contribution in [0, 0.1) is 5.92 Å². The standard InChI is InChI=1S/C22H32N4O4/c1-2-14-30-18-6-4-17(5-7-18)26-20(27)15-19(22(26)29)24-10-3-11-25-12-8-16(9-13-25)21(23)28/h4-7,16,19,24H,2-3,8-15H2,1H3,(H2,23,28)/p+2/t19-/m0/s1. The molecule has 0 saturated carbocycles. The topological polar surface area (TPSA) is 111 Å². The predicted molar refractivity (Wildman–Crippen MR) is 112 cm³/mol. The van der Waals surface area contributed by atoms with Crippen molar-refractivity contribution in [1.29, 1.82) is 0 Å². The summed E-state index contributed by atoms with van der Waals surface area (Å²) in [6.45, 7) is 6.45. The Morgan fingerprint density at radius 1 is 1.23 bits per heavy atom. The number of hydrogen-bond donors (Lipinski definition) is 3. The number of imide groups is 1. The Bertz CT molecular complexity index is 744. The molecule has 2 saturated heterocycles. The molecule has 2 fully saturated rings. The summed E-state index contributed by atoms with van der Waals surface area (Å²) in [6.07, 6.45) is 3.86. The number of carbonyl (C=O) groups is 3. The summed E-state index contributed by atoms with van der Waals surface area (Å²) in [6, 6.07) is 6.79. The number of benzene rings is 1. The first kappa shape index (κ1) is 22.2. The van der Waals surface area contributed by atoms with Crippen LogP contribution < -0.4 is 25.6 Å². The van der Waals surface area contributed by atoms with Crippen molar-refractivity contribution in [2.75, 3.05) is 37.7 Å². The fourth-order valence-electron chi connectivity index (χ4n) is 4.25. The van der Waals surface area contributed by atoms with E-state index in [0.29, 0.717) is 12.3 Å². The molecule has 8 nitrogen and oxygen atoms in total. The summed E-state index contributed by atoms with van der Waals surface area (Å²) < 4.78 is 5.56. The summed E-state index contributed by atoms with van der Waals surface area (Å²) in [7, 11) is 0. The highest BCUT2D eigenvalue weighted by molar-refractivity contribution is 6.21. The van der Waals surface area contributed by atoms with E-state index >= 15 is 0 Å². The average Bonchev–Trinajstić information content (AvgIpc) is 3.03. The van der Waals surface area contributed by atoms with Crippen LogP contribution in [-0.4, -0.2) is 56.5 Å². The number of nitrogens with zero attached hydrogens (tertiary/aromatic N) is 1. The Morgan fingerprint density at radius 3 is 2.57 bits per heavy atom. The van der Waals surface area contributed by atoms with E-state index in [1.165, 1.54) is 9.80 Å². The second-order valence-electron chi connectivity index (χ2n) is 8.27. The van der Waals surface area contributed by atoms with Crippen LogP contribution in [-0.2, 0) is 14.4 Å². The highest BCUT2D eigenvalue weighted by atomic mass is 16.5. The molecule has 5 N–H and O–H groups in total. The molecule has 8 heteroatoms. The molecular formula is C22H34N4O4+2. The molecule has 2 aliphatic rings. The number of quaternary nitrogens is 2. The molecule has 0 radical (unpaired) electrons. The number of anilines is 1. The van der Waals surface area contributed by atoms with Gasteiger partial charge in [0.2, 0.25) is 11.8 Å². The van der Waals surface area contributed by atoms with Gasteiger partial charge in [-0.1, -0.05) is 6.92 Å². The Kier molecular flexibility index (Phi) is 7.81. The second kappa shape index (κ2) is 10.5. The number of primary amides is 1. The number of nitrogens with one attached hydrogen (secondary N) is 1. The minimum absolute atomic E-state index is 0.0284. The van der Waals surface area contributed by atoms with Gasteiger partial charge in [0.25, 0.3) is 5.91 Å². The summed E-state index contributed by atoms with van der Waals surface area (Å²) >= 11 is 0. The van der Waals surface area contributed by atoms with Crippen molar-refractivity contribution in [3.05, 3.63) is 24.3 Å². The highest BCUT2D eigenvalue weighted by Gasteiger charge is 2.42. The number of piperidine rings is 1. The molecule has 0 aromatic heterocycles. The molecule has 164 valence electrons. The number of carbonyl (C=O) groups excluding carboxylic acids is 3. The minimum atomic E-state index is -0.343. The molecule has 0 spiro atoms.